The summed E-state index contributed by atoms with van der Waals surface area (Å²) in [6.45, 7) is 1.09. The van der Waals surface area contributed by atoms with Crippen molar-refractivity contribution < 1.29 is 39.6 Å². The van der Waals surface area contributed by atoms with Gasteiger partial charge in [0.05, 0.1) is 0 Å². The highest BCUT2D eigenvalue weighted by atomic mass is 32.2. The van der Waals surface area contributed by atoms with Crippen molar-refractivity contribution in [2.24, 2.45) is 7.05 Å². The van der Waals surface area contributed by atoms with Crippen LogP contribution in [0.3, 0.4) is 0 Å². The van der Waals surface area contributed by atoms with Crippen LogP contribution in [0.4, 0.5) is 32.0 Å². The van der Waals surface area contributed by atoms with E-state index in [2.05, 4.69) is 10.3 Å². The van der Waals surface area contributed by atoms with E-state index in [9.17, 15) is 39.6 Å². The number of pyridine rings is 1. The SMILES string of the molecule is CCC(NS(=O)(=O)c1cn(C)c(C(=O)Nc2ccnc(C(F)F)c2)c1F)C(F)(F)F. The average molecular weight is 458 g/mol. The minimum absolute atomic E-state index is 0.170. The second-order valence-corrected chi connectivity index (χ2v) is 7.80. The van der Waals surface area contributed by atoms with Crippen LogP contribution >= 0.6 is 0 Å². The van der Waals surface area contributed by atoms with Crippen molar-refractivity contribution in [1.29, 1.82) is 0 Å². The fourth-order valence-electron chi connectivity index (χ4n) is 2.48. The normalized spacial score (nSPS) is 13.5. The van der Waals surface area contributed by atoms with E-state index in [4.69, 9.17) is 0 Å². The number of nitrogens with one attached hydrogen (secondary N) is 2. The summed E-state index contributed by atoms with van der Waals surface area (Å²) in [5.41, 5.74) is -1.66. The van der Waals surface area contributed by atoms with Crippen LogP contribution in [0.15, 0.2) is 29.4 Å². The molecule has 0 fully saturated rings. The Morgan fingerprint density at radius 1 is 1.30 bits per heavy atom. The monoisotopic (exact) mass is 458 g/mol. The molecule has 1 atom stereocenters. The van der Waals surface area contributed by atoms with Crippen molar-refractivity contribution in [3.8, 4) is 0 Å². The number of aryl methyl sites for hydroxylation is 1. The van der Waals surface area contributed by atoms with E-state index in [1.165, 1.54) is 4.72 Å². The van der Waals surface area contributed by atoms with Crippen LogP contribution in [-0.2, 0) is 17.1 Å². The number of halogens is 6. The number of hydrogen-bond donors (Lipinski definition) is 2. The van der Waals surface area contributed by atoms with Crippen molar-refractivity contribution in [2.45, 2.75) is 36.9 Å². The summed E-state index contributed by atoms with van der Waals surface area (Å²) in [5.74, 6) is -2.80. The molecule has 0 spiro atoms. The van der Waals surface area contributed by atoms with Crippen molar-refractivity contribution in [3.63, 3.8) is 0 Å². The highest BCUT2D eigenvalue weighted by molar-refractivity contribution is 7.89. The van der Waals surface area contributed by atoms with Gasteiger partial charge in [-0.1, -0.05) is 6.92 Å². The van der Waals surface area contributed by atoms with Gasteiger partial charge in [0.2, 0.25) is 10.0 Å². The standard InChI is InChI=1S/C16H16F6N4O3S/c1-3-11(16(20,21)22)25-30(28,29)10-7-26(2)13(12(10)17)15(27)24-8-4-5-23-9(6-8)14(18)19/h4-7,11,14,25H,3H2,1-2H3,(H,23,24,27). The Balaban J connectivity index is 2.35. The lowest BCUT2D eigenvalue weighted by Crippen LogP contribution is -2.44. The Morgan fingerprint density at radius 3 is 2.47 bits per heavy atom. The highest BCUT2D eigenvalue weighted by Crippen LogP contribution is 2.27. The predicted octanol–water partition coefficient (Wildman–Crippen LogP) is 3.37. The maximum atomic E-state index is 14.7. The van der Waals surface area contributed by atoms with Crippen LogP contribution in [0, 0.1) is 5.82 Å². The number of sulfonamides is 1. The first-order valence-electron chi connectivity index (χ1n) is 8.27. The average Bonchev–Trinajstić information content (AvgIpc) is 2.94. The number of carbonyl (C=O) groups excluding carboxylic acids is 1. The molecule has 14 heteroatoms. The van der Waals surface area contributed by atoms with Gasteiger partial charge in [-0.15, -0.1) is 0 Å². The third-order valence-corrected chi connectivity index (χ3v) is 5.41. The molecular formula is C16H16F6N4O3S. The third-order valence-electron chi connectivity index (χ3n) is 3.96. The number of nitrogens with zero attached hydrogens (tertiary/aromatic N) is 2. The molecule has 2 heterocycles. The molecule has 7 nitrogen and oxygen atoms in total. The minimum atomic E-state index is -4.97. The Bertz CT molecular complexity index is 1040. The molecule has 1 amide bonds. The van der Waals surface area contributed by atoms with Crippen LogP contribution in [0.25, 0.3) is 0 Å². The van der Waals surface area contributed by atoms with E-state index < -0.39 is 63.1 Å². The number of aromatic nitrogens is 2. The molecule has 0 aromatic carbocycles. The Kier molecular flexibility index (Phi) is 6.81. The Morgan fingerprint density at radius 2 is 1.93 bits per heavy atom. The lowest BCUT2D eigenvalue weighted by molar-refractivity contribution is -0.151. The van der Waals surface area contributed by atoms with Gasteiger partial charge in [-0.25, -0.2) is 21.6 Å². The van der Waals surface area contributed by atoms with Crippen molar-refractivity contribution >= 4 is 21.6 Å². The van der Waals surface area contributed by atoms with E-state index in [1.54, 1.807) is 0 Å². The summed E-state index contributed by atoms with van der Waals surface area (Å²) < 4.78 is 105. The third kappa shape index (κ3) is 5.11. The van der Waals surface area contributed by atoms with Crippen molar-refractivity contribution in [1.82, 2.24) is 14.3 Å². The molecular weight excluding hydrogens is 442 g/mol. The van der Waals surface area contributed by atoms with Crippen LogP contribution < -0.4 is 10.0 Å². The predicted molar refractivity (Wildman–Crippen MR) is 93.0 cm³/mol. The summed E-state index contributed by atoms with van der Waals surface area (Å²) in [6, 6.07) is -0.486. The van der Waals surface area contributed by atoms with Crippen LogP contribution in [-0.4, -0.2) is 36.1 Å². The molecule has 1 unspecified atom stereocenters. The van der Waals surface area contributed by atoms with Gasteiger partial charge >= 0.3 is 6.18 Å². The van der Waals surface area contributed by atoms with E-state index in [0.29, 0.717) is 6.20 Å². The maximum absolute atomic E-state index is 14.7. The largest absolute Gasteiger partial charge is 0.404 e. The summed E-state index contributed by atoms with van der Waals surface area (Å²) in [7, 11) is -3.87. The second kappa shape index (κ2) is 8.63. The minimum Gasteiger partial charge on any atom is -0.343 e. The first kappa shape index (κ1) is 23.7. The number of rotatable bonds is 7. The van der Waals surface area contributed by atoms with Gasteiger partial charge in [0, 0.05) is 25.1 Å². The lowest BCUT2D eigenvalue weighted by Gasteiger charge is -2.19. The smallest absolute Gasteiger partial charge is 0.343 e. The first-order valence-corrected chi connectivity index (χ1v) is 9.75. The first-order chi connectivity index (χ1) is 13.8. The molecule has 2 aromatic heterocycles. The van der Waals surface area contributed by atoms with Gasteiger partial charge in [-0.05, 0) is 18.6 Å². The number of amides is 1. The maximum Gasteiger partial charge on any atom is 0.404 e. The number of carbonyl (C=O) groups is 1. The van der Waals surface area contributed by atoms with Gasteiger partial charge < -0.3 is 9.88 Å². The molecule has 0 bridgehead atoms. The Labute approximate surface area is 167 Å². The molecule has 2 N–H and O–H groups in total. The van der Waals surface area contributed by atoms with Crippen molar-refractivity contribution in [3.05, 3.63) is 41.7 Å². The molecule has 0 radical (unpaired) electrons. The number of anilines is 1. The highest BCUT2D eigenvalue weighted by Gasteiger charge is 2.42. The zero-order valence-corrected chi connectivity index (χ0v) is 16.3. The summed E-state index contributed by atoms with van der Waals surface area (Å²) in [6.07, 6.45) is -6.88. The molecule has 0 saturated carbocycles. The van der Waals surface area contributed by atoms with Gasteiger partial charge in [0.15, 0.2) is 5.82 Å². The fourth-order valence-corrected chi connectivity index (χ4v) is 3.92. The zero-order chi connectivity index (χ0) is 22.9. The molecule has 2 rings (SSSR count). The lowest BCUT2D eigenvalue weighted by atomic mass is 10.2. The van der Waals surface area contributed by atoms with E-state index in [0.717, 1.165) is 36.9 Å². The summed E-state index contributed by atoms with van der Waals surface area (Å²) in [5, 5.41) is 2.11. The van der Waals surface area contributed by atoms with E-state index in [1.807, 2.05) is 0 Å². The molecule has 0 saturated heterocycles. The fraction of sp³-hybridized carbons (Fsp3) is 0.375. The topological polar surface area (TPSA) is 93.1 Å². The van der Waals surface area contributed by atoms with Crippen LogP contribution in [0.1, 0.15) is 36.0 Å². The van der Waals surface area contributed by atoms with Gasteiger partial charge in [-0.2, -0.15) is 17.9 Å². The Hall–Kier alpha value is -2.61. The molecule has 0 aliphatic rings. The van der Waals surface area contributed by atoms with Crippen LogP contribution in [0.5, 0.6) is 0 Å². The van der Waals surface area contributed by atoms with Gasteiger partial charge in [0.25, 0.3) is 12.3 Å². The van der Waals surface area contributed by atoms with Crippen molar-refractivity contribution in [2.75, 3.05) is 5.32 Å². The quantitative estimate of drug-likeness (QED) is 0.623. The molecule has 0 aliphatic heterocycles. The van der Waals surface area contributed by atoms with E-state index >= 15 is 0 Å². The second-order valence-electron chi connectivity index (χ2n) is 6.11. The van der Waals surface area contributed by atoms with Gasteiger partial charge in [-0.3, -0.25) is 9.78 Å². The summed E-state index contributed by atoms with van der Waals surface area (Å²) in [4.78, 5) is 14.6. The molecule has 30 heavy (non-hydrogen) atoms. The molecule has 0 aliphatic carbocycles. The number of alkyl halides is 5. The number of hydrogen-bond acceptors (Lipinski definition) is 4. The zero-order valence-electron chi connectivity index (χ0n) is 15.5. The molecule has 2 aromatic rings. The summed E-state index contributed by atoms with van der Waals surface area (Å²) >= 11 is 0. The van der Waals surface area contributed by atoms with Crippen LogP contribution in [0.2, 0.25) is 0 Å². The van der Waals surface area contributed by atoms with E-state index in [-0.39, 0.29) is 5.69 Å². The van der Waals surface area contributed by atoms with Gasteiger partial charge in [0.1, 0.15) is 22.3 Å². The molecule has 166 valence electrons.